The second-order valence-electron chi connectivity index (χ2n) is 4.84. The van der Waals surface area contributed by atoms with E-state index in [1.807, 2.05) is 0 Å². The van der Waals surface area contributed by atoms with E-state index < -0.39 is 0 Å². The molecule has 0 unspecified atom stereocenters. The van der Waals surface area contributed by atoms with Crippen LogP contribution in [0.15, 0.2) is 11.5 Å². The number of ether oxygens (including phenoxy) is 1. The van der Waals surface area contributed by atoms with E-state index in [4.69, 9.17) is 10.5 Å². The molecule has 3 N–H and O–H groups in total. The third kappa shape index (κ3) is 1.84. The molecule has 2 rings (SSSR count). The summed E-state index contributed by atoms with van der Waals surface area (Å²) in [6, 6.07) is 2.17. The van der Waals surface area contributed by atoms with Gasteiger partial charge in [0.25, 0.3) is 0 Å². The highest BCUT2D eigenvalue weighted by molar-refractivity contribution is 5.49. The van der Waals surface area contributed by atoms with Crippen LogP contribution in [0.25, 0.3) is 0 Å². The minimum absolute atomic E-state index is 0.0000926. The maximum atomic E-state index is 9.25. The number of nitrogens with zero attached hydrogens (tertiary/aromatic N) is 2. The topological polar surface area (TPSA) is 87.7 Å². The summed E-state index contributed by atoms with van der Waals surface area (Å²) in [5.74, 6) is 1.02. The number of hydrogen-bond acceptors (Lipinski definition) is 4. The number of hydrogen-bond donors (Lipinski definition) is 2. The zero-order valence-electron chi connectivity index (χ0n) is 10.9. The number of rotatable bonds is 3. The third-order valence-corrected chi connectivity index (χ3v) is 3.24. The van der Waals surface area contributed by atoms with Gasteiger partial charge in [-0.3, -0.25) is 5.10 Å². The predicted molar refractivity (Wildman–Crippen MR) is 67.8 cm³/mol. The molecular formula is C13H18N4O. The summed E-state index contributed by atoms with van der Waals surface area (Å²) in [4.78, 5) is 0. The molecule has 18 heavy (non-hydrogen) atoms. The molecule has 2 heterocycles. The summed E-state index contributed by atoms with van der Waals surface area (Å²) in [5.41, 5.74) is 8.34. The molecule has 0 saturated heterocycles. The van der Waals surface area contributed by atoms with Crippen LogP contribution in [0.4, 0.5) is 0 Å². The molecular weight excluding hydrogens is 228 g/mol. The number of nitriles is 1. The Bertz CT molecular complexity index is 522. The molecule has 96 valence electrons. The number of fused-ring (bicyclic) bond motifs is 1. The van der Waals surface area contributed by atoms with Crippen molar-refractivity contribution in [2.45, 2.75) is 45.4 Å². The fourth-order valence-electron chi connectivity index (χ4n) is 2.39. The molecule has 0 spiro atoms. The van der Waals surface area contributed by atoms with Crippen molar-refractivity contribution in [3.05, 3.63) is 22.7 Å². The Morgan fingerprint density at radius 2 is 2.28 bits per heavy atom. The van der Waals surface area contributed by atoms with Gasteiger partial charge in [-0.25, -0.2) is 0 Å². The second-order valence-corrected chi connectivity index (χ2v) is 4.84. The van der Waals surface area contributed by atoms with E-state index in [0.29, 0.717) is 17.4 Å². The molecule has 1 aliphatic heterocycles. The maximum absolute atomic E-state index is 9.25. The molecule has 0 amide bonds. The Labute approximate surface area is 107 Å². The Kier molecular flexibility index (Phi) is 3.28. The van der Waals surface area contributed by atoms with Gasteiger partial charge in [-0.05, 0) is 12.3 Å². The molecule has 5 nitrogen and oxygen atoms in total. The minimum atomic E-state index is -0.0000926. The van der Waals surface area contributed by atoms with Gasteiger partial charge in [0.05, 0.1) is 5.57 Å². The Morgan fingerprint density at radius 1 is 1.56 bits per heavy atom. The fraction of sp³-hybridized carbons (Fsp3) is 0.538. The number of nitrogens with two attached hydrogens (primary N) is 1. The average Bonchev–Trinajstić information content (AvgIpc) is 2.73. The van der Waals surface area contributed by atoms with Gasteiger partial charge in [0.15, 0.2) is 0 Å². The zero-order valence-corrected chi connectivity index (χ0v) is 10.9. The van der Waals surface area contributed by atoms with Crippen LogP contribution in [-0.4, -0.2) is 10.2 Å². The van der Waals surface area contributed by atoms with Crippen molar-refractivity contribution in [3.8, 4) is 11.9 Å². The molecule has 1 atom stereocenters. The Morgan fingerprint density at radius 3 is 2.83 bits per heavy atom. The van der Waals surface area contributed by atoms with Crippen LogP contribution >= 0.6 is 0 Å². The standard InChI is InChI=1S/C13H18N4O/c1-4-5-8-9(6-14)12(15)18-13-10(8)11(7(2)3)16-17-13/h7-8H,4-5,15H2,1-3H3,(H,16,17)/t8-/m1/s1. The smallest absolute Gasteiger partial charge is 0.243 e. The zero-order chi connectivity index (χ0) is 13.3. The highest BCUT2D eigenvalue weighted by atomic mass is 16.5. The first-order valence-electron chi connectivity index (χ1n) is 6.25. The molecule has 1 aromatic rings. The van der Waals surface area contributed by atoms with Crippen molar-refractivity contribution in [2.24, 2.45) is 5.73 Å². The van der Waals surface area contributed by atoms with Crippen LogP contribution in [0.2, 0.25) is 0 Å². The summed E-state index contributed by atoms with van der Waals surface area (Å²) >= 11 is 0. The van der Waals surface area contributed by atoms with E-state index in [1.54, 1.807) is 0 Å². The van der Waals surface area contributed by atoms with Gasteiger partial charge in [-0.2, -0.15) is 5.26 Å². The van der Waals surface area contributed by atoms with Gasteiger partial charge >= 0.3 is 0 Å². The molecule has 0 fully saturated rings. The molecule has 0 saturated carbocycles. The van der Waals surface area contributed by atoms with Gasteiger partial charge in [-0.15, -0.1) is 5.10 Å². The van der Waals surface area contributed by atoms with Gasteiger partial charge in [0.1, 0.15) is 6.07 Å². The first-order chi connectivity index (χ1) is 8.60. The van der Waals surface area contributed by atoms with E-state index in [-0.39, 0.29) is 11.8 Å². The highest BCUT2D eigenvalue weighted by Gasteiger charge is 2.33. The quantitative estimate of drug-likeness (QED) is 0.857. The highest BCUT2D eigenvalue weighted by Crippen LogP contribution is 2.42. The molecule has 5 heteroatoms. The van der Waals surface area contributed by atoms with Crippen LogP contribution in [0.1, 0.15) is 56.7 Å². The van der Waals surface area contributed by atoms with Gasteiger partial charge < -0.3 is 10.5 Å². The minimum Gasteiger partial charge on any atom is -0.420 e. The van der Waals surface area contributed by atoms with Crippen molar-refractivity contribution in [2.75, 3.05) is 0 Å². The van der Waals surface area contributed by atoms with Crippen molar-refractivity contribution in [3.63, 3.8) is 0 Å². The summed E-state index contributed by atoms with van der Waals surface area (Å²) in [7, 11) is 0. The second kappa shape index (κ2) is 4.73. The lowest BCUT2D eigenvalue weighted by atomic mass is 9.84. The molecule has 0 aliphatic carbocycles. The van der Waals surface area contributed by atoms with Crippen molar-refractivity contribution in [1.29, 1.82) is 5.26 Å². The largest absolute Gasteiger partial charge is 0.420 e. The first kappa shape index (κ1) is 12.5. The Hall–Kier alpha value is -1.96. The lowest BCUT2D eigenvalue weighted by molar-refractivity contribution is 0.370. The van der Waals surface area contributed by atoms with Gasteiger partial charge in [0, 0.05) is 17.2 Å². The molecule has 0 aromatic carbocycles. The number of aromatic nitrogens is 2. The summed E-state index contributed by atoms with van der Waals surface area (Å²) in [6.07, 6.45) is 1.85. The molecule has 1 aliphatic rings. The van der Waals surface area contributed by atoms with E-state index in [2.05, 4.69) is 37.0 Å². The van der Waals surface area contributed by atoms with Crippen LogP contribution in [0.3, 0.4) is 0 Å². The van der Waals surface area contributed by atoms with Crippen LogP contribution in [-0.2, 0) is 0 Å². The summed E-state index contributed by atoms with van der Waals surface area (Å²) in [5, 5.41) is 16.4. The normalized spacial score (nSPS) is 18.5. The number of H-pyrrole nitrogens is 1. The van der Waals surface area contributed by atoms with E-state index in [0.717, 1.165) is 24.1 Å². The van der Waals surface area contributed by atoms with Crippen molar-refractivity contribution < 1.29 is 4.74 Å². The number of nitrogens with one attached hydrogen (secondary N) is 1. The third-order valence-electron chi connectivity index (χ3n) is 3.24. The number of allylic oxidation sites excluding steroid dienone is 1. The van der Waals surface area contributed by atoms with Crippen molar-refractivity contribution >= 4 is 0 Å². The summed E-state index contributed by atoms with van der Waals surface area (Å²) < 4.78 is 5.44. The average molecular weight is 246 g/mol. The lowest BCUT2D eigenvalue weighted by Gasteiger charge is -2.23. The first-order valence-corrected chi connectivity index (χ1v) is 6.25. The van der Waals surface area contributed by atoms with Crippen LogP contribution in [0, 0.1) is 11.3 Å². The fourth-order valence-corrected chi connectivity index (χ4v) is 2.39. The van der Waals surface area contributed by atoms with Gasteiger partial charge in [-0.1, -0.05) is 27.2 Å². The molecule has 0 bridgehead atoms. The van der Waals surface area contributed by atoms with E-state index in [1.165, 1.54) is 0 Å². The maximum Gasteiger partial charge on any atom is 0.243 e. The Balaban J connectivity index is 2.54. The number of aromatic amines is 1. The monoisotopic (exact) mass is 246 g/mol. The predicted octanol–water partition coefficient (Wildman–Crippen LogP) is 2.50. The molecule has 1 aromatic heterocycles. The molecule has 0 radical (unpaired) electrons. The van der Waals surface area contributed by atoms with Crippen LogP contribution in [0.5, 0.6) is 5.88 Å². The lowest BCUT2D eigenvalue weighted by Crippen LogP contribution is -2.20. The van der Waals surface area contributed by atoms with Gasteiger partial charge in [0.2, 0.25) is 11.8 Å². The van der Waals surface area contributed by atoms with Crippen molar-refractivity contribution in [1.82, 2.24) is 10.2 Å². The van der Waals surface area contributed by atoms with E-state index >= 15 is 0 Å². The summed E-state index contributed by atoms with van der Waals surface area (Å²) in [6.45, 7) is 6.27. The van der Waals surface area contributed by atoms with E-state index in [9.17, 15) is 5.26 Å². The van der Waals surface area contributed by atoms with Crippen LogP contribution < -0.4 is 10.5 Å². The SMILES string of the molecule is CCC[C@@H]1C(C#N)=C(N)Oc2n[nH]c(C(C)C)c21.